The summed E-state index contributed by atoms with van der Waals surface area (Å²) in [5.41, 5.74) is 2.13. The maximum atomic E-state index is 11.5. The summed E-state index contributed by atoms with van der Waals surface area (Å²) in [5.74, 6) is -1.27. The molecule has 3 aromatic rings. The van der Waals surface area contributed by atoms with Crippen molar-refractivity contribution in [3.8, 4) is 11.3 Å². The molecule has 0 saturated heterocycles. The molecule has 2 aromatic carbocycles. The number of nitro groups is 1. The Morgan fingerprint density at radius 3 is 2.79 bits per heavy atom. The van der Waals surface area contributed by atoms with E-state index >= 15 is 0 Å². The van der Waals surface area contributed by atoms with E-state index in [-0.39, 0.29) is 23.8 Å². The van der Waals surface area contributed by atoms with Crippen LogP contribution in [-0.4, -0.2) is 26.7 Å². The normalized spacial score (nSPS) is 11.4. The summed E-state index contributed by atoms with van der Waals surface area (Å²) in [6.07, 6.45) is 1.23. The highest BCUT2D eigenvalue weighted by Gasteiger charge is 2.15. The summed E-state index contributed by atoms with van der Waals surface area (Å²) in [6.45, 7) is 1.87. The minimum absolute atomic E-state index is 0.120. The van der Waals surface area contributed by atoms with E-state index < -0.39 is 10.9 Å². The van der Waals surface area contributed by atoms with Gasteiger partial charge in [0.1, 0.15) is 17.7 Å². The standard InChI is InChI=1S/C19H14ClN3O5/c1-11-5-6-13(9-15(11)20)17-10-28-19(22-17)21-16(18(24)25)8-12-3-2-4-14(7-12)23(26)27/h2-7,9-10H,8H2,1H3,(H,24,25)/b21-16+. The van der Waals surface area contributed by atoms with E-state index in [0.717, 1.165) is 5.56 Å². The highest BCUT2D eigenvalue weighted by molar-refractivity contribution is 6.36. The van der Waals surface area contributed by atoms with Crippen LogP contribution >= 0.6 is 11.6 Å². The Kier molecular flexibility index (Phi) is 5.51. The van der Waals surface area contributed by atoms with E-state index in [4.69, 9.17) is 16.0 Å². The van der Waals surface area contributed by atoms with Gasteiger partial charge in [-0.2, -0.15) is 9.98 Å². The van der Waals surface area contributed by atoms with Crippen molar-refractivity contribution < 1.29 is 19.2 Å². The molecule has 8 nitrogen and oxygen atoms in total. The van der Waals surface area contributed by atoms with Crippen LogP contribution in [0.3, 0.4) is 0 Å². The number of non-ortho nitro benzene ring substituents is 1. The van der Waals surface area contributed by atoms with Gasteiger partial charge in [0.2, 0.25) is 0 Å². The van der Waals surface area contributed by atoms with Crippen molar-refractivity contribution in [3.05, 3.63) is 75.0 Å². The molecule has 0 aliphatic rings. The van der Waals surface area contributed by atoms with Crippen molar-refractivity contribution in [1.82, 2.24) is 4.98 Å². The predicted molar refractivity (Wildman–Crippen MR) is 103 cm³/mol. The van der Waals surface area contributed by atoms with Crippen molar-refractivity contribution in [2.75, 3.05) is 0 Å². The lowest BCUT2D eigenvalue weighted by atomic mass is 10.1. The third-order valence-electron chi connectivity index (χ3n) is 3.93. The summed E-state index contributed by atoms with van der Waals surface area (Å²) >= 11 is 6.11. The fourth-order valence-corrected chi connectivity index (χ4v) is 2.63. The number of aliphatic carboxylic acids is 1. The van der Waals surface area contributed by atoms with Crippen molar-refractivity contribution in [3.63, 3.8) is 0 Å². The predicted octanol–water partition coefficient (Wildman–Crippen LogP) is 4.61. The molecule has 0 spiro atoms. The van der Waals surface area contributed by atoms with Gasteiger partial charge in [0.05, 0.1) is 4.92 Å². The first-order valence-corrected chi connectivity index (χ1v) is 8.47. The number of carboxylic acid groups (broad SMARTS) is 1. The Hall–Kier alpha value is -3.52. The number of benzene rings is 2. The molecule has 0 radical (unpaired) electrons. The molecule has 3 rings (SSSR count). The number of aryl methyl sites for hydroxylation is 1. The average Bonchev–Trinajstić information content (AvgIpc) is 3.12. The molecule has 0 aliphatic carbocycles. The molecule has 1 heterocycles. The lowest BCUT2D eigenvalue weighted by molar-refractivity contribution is -0.384. The Morgan fingerprint density at radius 1 is 1.32 bits per heavy atom. The number of carbonyl (C=O) groups is 1. The molecule has 1 N–H and O–H groups in total. The summed E-state index contributed by atoms with van der Waals surface area (Å²) in [7, 11) is 0. The number of nitro benzene ring substituents is 1. The van der Waals surface area contributed by atoms with E-state index in [1.54, 1.807) is 12.1 Å². The molecule has 0 amide bonds. The van der Waals surface area contributed by atoms with E-state index in [2.05, 4.69) is 9.98 Å². The van der Waals surface area contributed by atoms with Gasteiger partial charge in [0.15, 0.2) is 0 Å². The summed E-state index contributed by atoms with van der Waals surface area (Å²) in [6, 6.07) is 10.9. The Morgan fingerprint density at radius 2 is 2.11 bits per heavy atom. The topological polar surface area (TPSA) is 119 Å². The first-order valence-electron chi connectivity index (χ1n) is 8.09. The van der Waals surface area contributed by atoms with Gasteiger partial charge in [-0.05, 0) is 24.1 Å². The second-order valence-electron chi connectivity index (χ2n) is 5.95. The largest absolute Gasteiger partial charge is 0.477 e. The zero-order chi connectivity index (χ0) is 20.3. The third kappa shape index (κ3) is 4.41. The highest BCUT2D eigenvalue weighted by atomic mass is 35.5. The Labute approximate surface area is 164 Å². The lowest BCUT2D eigenvalue weighted by Gasteiger charge is -2.01. The summed E-state index contributed by atoms with van der Waals surface area (Å²) in [4.78, 5) is 30.0. The van der Waals surface area contributed by atoms with E-state index in [0.29, 0.717) is 21.8 Å². The molecule has 0 fully saturated rings. The number of aliphatic imine (C=N–C) groups is 1. The van der Waals surface area contributed by atoms with E-state index in [9.17, 15) is 20.0 Å². The fourth-order valence-electron chi connectivity index (χ4n) is 2.45. The fraction of sp³-hybridized carbons (Fsp3) is 0.105. The van der Waals surface area contributed by atoms with Crippen LogP contribution in [0.25, 0.3) is 11.3 Å². The van der Waals surface area contributed by atoms with Gasteiger partial charge in [-0.1, -0.05) is 35.9 Å². The van der Waals surface area contributed by atoms with Gasteiger partial charge < -0.3 is 9.52 Å². The molecule has 28 heavy (non-hydrogen) atoms. The van der Waals surface area contributed by atoms with Crippen LogP contribution in [0, 0.1) is 17.0 Å². The van der Waals surface area contributed by atoms with Crippen LogP contribution < -0.4 is 0 Å². The molecule has 0 bridgehead atoms. The average molecular weight is 400 g/mol. The highest BCUT2D eigenvalue weighted by Crippen LogP contribution is 2.27. The molecular formula is C19H14ClN3O5. The number of nitrogens with zero attached hydrogens (tertiary/aromatic N) is 3. The van der Waals surface area contributed by atoms with Gasteiger partial charge in [-0.25, -0.2) is 4.79 Å². The van der Waals surface area contributed by atoms with Crippen LogP contribution in [0.5, 0.6) is 0 Å². The van der Waals surface area contributed by atoms with Crippen molar-refractivity contribution in [2.24, 2.45) is 4.99 Å². The molecular weight excluding hydrogens is 386 g/mol. The van der Waals surface area contributed by atoms with Crippen LogP contribution in [0.1, 0.15) is 11.1 Å². The van der Waals surface area contributed by atoms with Crippen LogP contribution in [-0.2, 0) is 11.2 Å². The maximum Gasteiger partial charge on any atom is 0.350 e. The maximum absolute atomic E-state index is 11.5. The number of hydrogen-bond acceptors (Lipinski definition) is 6. The smallest absolute Gasteiger partial charge is 0.350 e. The SMILES string of the molecule is Cc1ccc(-c2coc(/N=C(\Cc3cccc([N+](=O)[O-])c3)C(=O)O)n2)cc1Cl. The van der Waals surface area contributed by atoms with Gasteiger partial charge >= 0.3 is 12.0 Å². The van der Waals surface area contributed by atoms with Crippen LogP contribution in [0.15, 0.2) is 58.1 Å². The summed E-state index contributed by atoms with van der Waals surface area (Å²) in [5, 5.41) is 20.9. The second kappa shape index (κ2) is 8.01. The Bertz CT molecular complexity index is 1090. The van der Waals surface area contributed by atoms with E-state index in [1.165, 1.54) is 24.5 Å². The first-order chi connectivity index (χ1) is 13.3. The zero-order valence-electron chi connectivity index (χ0n) is 14.6. The third-order valence-corrected chi connectivity index (χ3v) is 4.34. The van der Waals surface area contributed by atoms with Crippen molar-refractivity contribution in [1.29, 1.82) is 0 Å². The number of halogens is 1. The van der Waals surface area contributed by atoms with E-state index in [1.807, 2.05) is 19.1 Å². The van der Waals surface area contributed by atoms with Gasteiger partial charge in [0, 0.05) is 29.1 Å². The monoisotopic (exact) mass is 399 g/mol. The first kappa shape index (κ1) is 19.2. The number of aromatic nitrogens is 1. The molecule has 9 heteroatoms. The molecule has 0 unspecified atom stereocenters. The minimum atomic E-state index is -1.27. The zero-order valence-corrected chi connectivity index (χ0v) is 15.4. The number of rotatable bonds is 6. The number of carboxylic acids is 1. The molecule has 1 aromatic heterocycles. The lowest BCUT2D eigenvalue weighted by Crippen LogP contribution is -2.15. The Balaban J connectivity index is 1.88. The van der Waals surface area contributed by atoms with Crippen molar-refractivity contribution >= 4 is 35.0 Å². The van der Waals surface area contributed by atoms with Gasteiger partial charge in [0.25, 0.3) is 5.69 Å². The minimum Gasteiger partial charge on any atom is -0.477 e. The number of oxazole rings is 1. The summed E-state index contributed by atoms with van der Waals surface area (Å²) < 4.78 is 5.26. The van der Waals surface area contributed by atoms with Crippen LogP contribution in [0.2, 0.25) is 5.02 Å². The molecule has 0 aliphatic heterocycles. The molecule has 0 atom stereocenters. The van der Waals surface area contributed by atoms with Gasteiger partial charge in [-0.3, -0.25) is 10.1 Å². The van der Waals surface area contributed by atoms with Crippen molar-refractivity contribution in [2.45, 2.75) is 13.3 Å². The molecule has 0 saturated carbocycles. The van der Waals surface area contributed by atoms with Crippen LogP contribution in [0.4, 0.5) is 11.7 Å². The van der Waals surface area contributed by atoms with Gasteiger partial charge in [-0.15, -0.1) is 0 Å². The molecule has 142 valence electrons. The number of hydrogen-bond donors (Lipinski definition) is 1. The second-order valence-corrected chi connectivity index (χ2v) is 6.35. The quantitative estimate of drug-likeness (QED) is 0.367.